The van der Waals surface area contributed by atoms with Crippen molar-refractivity contribution in [3.8, 4) is 0 Å². The van der Waals surface area contributed by atoms with E-state index in [4.69, 9.17) is 0 Å². The zero-order chi connectivity index (χ0) is 14.0. The molecule has 0 aliphatic heterocycles. The van der Waals surface area contributed by atoms with Gasteiger partial charge in [-0.05, 0) is 31.5 Å². The Morgan fingerprint density at radius 1 is 1.32 bits per heavy atom. The number of hydrogen-bond acceptors (Lipinski definition) is 4. The van der Waals surface area contributed by atoms with Crippen molar-refractivity contribution in [1.29, 1.82) is 0 Å². The van der Waals surface area contributed by atoms with Gasteiger partial charge in [-0.3, -0.25) is 5.10 Å². The number of H-pyrrole nitrogens is 1. The molecule has 0 atom stereocenters. The molecule has 0 unspecified atom stereocenters. The smallest absolute Gasteiger partial charge is 0.175 e. The van der Waals surface area contributed by atoms with Gasteiger partial charge in [0.1, 0.15) is 0 Å². The Bertz CT molecular complexity index is 690. The van der Waals surface area contributed by atoms with E-state index in [1.165, 1.54) is 6.26 Å². The largest absolute Gasteiger partial charge is 0.381 e. The molecule has 102 valence electrons. The molecular formula is C13H17N3O2S. The molecule has 2 aromatic rings. The second-order valence-electron chi connectivity index (χ2n) is 4.62. The number of aromatic nitrogens is 2. The molecule has 0 aliphatic carbocycles. The Labute approximate surface area is 113 Å². The molecule has 19 heavy (non-hydrogen) atoms. The highest BCUT2D eigenvalue weighted by Gasteiger charge is 2.09. The molecule has 1 aromatic carbocycles. The van der Waals surface area contributed by atoms with Crippen molar-refractivity contribution < 1.29 is 8.42 Å². The minimum atomic E-state index is -3.18. The summed E-state index contributed by atoms with van der Waals surface area (Å²) in [6, 6.07) is 5.10. The lowest BCUT2D eigenvalue weighted by atomic mass is 10.2. The molecule has 0 radical (unpaired) electrons. The van der Waals surface area contributed by atoms with Crippen molar-refractivity contribution >= 4 is 15.5 Å². The van der Waals surface area contributed by atoms with Crippen molar-refractivity contribution in [2.75, 3.05) is 11.6 Å². The molecule has 0 bridgehead atoms. The van der Waals surface area contributed by atoms with E-state index in [1.807, 2.05) is 13.8 Å². The third-order valence-corrected chi connectivity index (χ3v) is 4.15. The van der Waals surface area contributed by atoms with E-state index in [0.717, 1.165) is 22.5 Å². The number of aryl methyl sites for hydroxylation is 2. The van der Waals surface area contributed by atoms with Gasteiger partial charge in [-0.25, -0.2) is 8.42 Å². The summed E-state index contributed by atoms with van der Waals surface area (Å²) in [6.07, 6.45) is 2.97. The monoisotopic (exact) mass is 279 g/mol. The average Bonchev–Trinajstić information content (AvgIpc) is 2.72. The fourth-order valence-electron chi connectivity index (χ4n) is 1.77. The van der Waals surface area contributed by atoms with Crippen molar-refractivity contribution in [1.82, 2.24) is 10.2 Å². The van der Waals surface area contributed by atoms with Crippen LogP contribution in [0.15, 0.2) is 29.3 Å². The molecule has 0 saturated carbocycles. The van der Waals surface area contributed by atoms with Gasteiger partial charge in [0.25, 0.3) is 0 Å². The van der Waals surface area contributed by atoms with Gasteiger partial charge in [-0.15, -0.1) is 0 Å². The molecule has 2 N–H and O–H groups in total. The molecule has 6 heteroatoms. The summed E-state index contributed by atoms with van der Waals surface area (Å²) in [7, 11) is -3.18. The van der Waals surface area contributed by atoms with Gasteiger partial charge < -0.3 is 5.32 Å². The first kappa shape index (κ1) is 13.6. The van der Waals surface area contributed by atoms with E-state index in [9.17, 15) is 8.42 Å². The van der Waals surface area contributed by atoms with Gasteiger partial charge >= 0.3 is 0 Å². The van der Waals surface area contributed by atoms with Gasteiger partial charge in [-0.1, -0.05) is 6.07 Å². The van der Waals surface area contributed by atoms with Gasteiger partial charge in [0.15, 0.2) is 9.84 Å². The standard InChI is InChI=1S/C13H17N3O2S/c1-9-4-5-12(19(3,17)18)6-13(9)14-7-11-8-15-16-10(11)2/h4-6,8,14H,7H2,1-3H3,(H,15,16). The van der Waals surface area contributed by atoms with Gasteiger partial charge in [0.05, 0.1) is 11.1 Å². The number of hydrogen-bond donors (Lipinski definition) is 2. The molecule has 0 saturated heterocycles. The predicted octanol–water partition coefficient (Wildman–Crippen LogP) is 2.04. The van der Waals surface area contributed by atoms with E-state index in [1.54, 1.807) is 24.4 Å². The summed E-state index contributed by atoms with van der Waals surface area (Å²) >= 11 is 0. The highest BCUT2D eigenvalue weighted by Crippen LogP contribution is 2.21. The van der Waals surface area contributed by atoms with Crippen LogP contribution in [0.2, 0.25) is 0 Å². The van der Waals surface area contributed by atoms with E-state index >= 15 is 0 Å². The van der Waals surface area contributed by atoms with Crippen LogP contribution in [-0.4, -0.2) is 24.9 Å². The SMILES string of the molecule is Cc1ccc(S(C)(=O)=O)cc1NCc1cn[nH]c1C. The number of anilines is 1. The number of rotatable bonds is 4. The first-order valence-electron chi connectivity index (χ1n) is 5.91. The molecule has 1 heterocycles. The Balaban J connectivity index is 2.23. The Morgan fingerprint density at radius 3 is 2.63 bits per heavy atom. The van der Waals surface area contributed by atoms with Crippen molar-refractivity contribution in [2.24, 2.45) is 0 Å². The average molecular weight is 279 g/mol. The van der Waals surface area contributed by atoms with Crippen LogP contribution in [0, 0.1) is 13.8 Å². The molecule has 2 rings (SSSR count). The fourth-order valence-corrected chi connectivity index (χ4v) is 2.41. The van der Waals surface area contributed by atoms with Crippen LogP contribution in [0.25, 0.3) is 0 Å². The van der Waals surface area contributed by atoms with Crippen molar-refractivity contribution in [3.63, 3.8) is 0 Å². The Kier molecular flexibility index (Phi) is 3.61. The number of aromatic amines is 1. The minimum Gasteiger partial charge on any atom is -0.381 e. The van der Waals surface area contributed by atoms with E-state index in [-0.39, 0.29) is 0 Å². The van der Waals surface area contributed by atoms with Crippen LogP contribution in [0.1, 0.15) is 16.8 Å². The summed E-state index contributed by atoms with van der Waals surface area (Å²) in [5.74, 6) is 0. The fraction of sp³-hybridized carbons (Fsp3) is 0.308. The molecule has 0 amide bonds. The topological polar surface area (TPSA) is 74.8 Å². The maximum Gasteiger partial charge on any atom is 0.175 e. The third-order valence-electron chi connectivity index (χ3n) is 3.04. The van der Waals surface area contributed by atoms with Crippen LogP contribution >= 0.6 is 0 Å². The first-order valence-corrected chi connectivity index (χ1v) is 7.80. The highest BCUT2D eigenvalue weighted by atomic mass is 32.2. The van der Waals surface area contributed by atoms with E-state index in [0.29, 0.717) is 11.4 Å². The Hall–Kier alpha value is -1.82. The van der Waals surface area contributed by atoms with Crippen LogP contribution in [-0.2, 0) is 16.4 Å². The number of nitrogens with zero attached hydrogens (tertiary/aromatic N) is 1. The molecule has 1 aromatic heterocycles. The maximum atomic E-state index is 11.5. The van der Waals surface area contributed by atoms with Crippen LogP contribution < -0.4 is 5.32 Å². The Morgan fingerprint density at radius 2 is 2.05 bits per heavy atom. The summed E-state index contributed by atoms with van der Waals surface area (Å²) in [5, 5.41) is 10.1. The second kappa shape index (κ2) is 5.05. The maximum absolute atomic E-state index is 11.5. The van der Waals surface area contributed by atoms with Gasteiger partial charge in [-0.2, -0.15) is 5.10 Å². The first-order chi connectivity index (χ1) is 8.88. The zero-order valence-electron chi connectivity index (χ0n) is 11.2. The molecule has 5 nitrogen and oxygen atoms in total. The van der Waals surface area contributed by atoms with Crippen molar-refractivity contribution in [2.45, 2.75) is 25.3 Å². The minimum absolute atomic E-state index is 0.324. The number of nitrogens with one attached hydrogen (secondary N) is 2. The molecule has 0 aliphatic rings. The summed E-state index contributed by atoms with van der Waals surface area (Å²) in [6.45, 7) is 4.50. The number of benzene rings is 1. The van der Waals surface area contributed by atoms with Crippen LogP contribution in [0.4, 0.5) is 5.69 Å². The lowest BCUT2D eigenvalue weighted by Gasteiger charge is -2.10. The second-order valence-corrected chi connectivity index (χ2v) is 6.64. The zero-order valence-corrected chi connectivity index (χ0v) is 12.0. The van der Waals surface area contributed by atoms with E-state index in [2.05, 4.69) is 15.5 Å². The summed E-state index contributed by atoms with van der Waals surface area (Å²) in [4.78, 5) is 0.324. The lowest BCUT2D eigenvalue weighted by molar-refractivity contribution is 0.602. The van der Waals surface area contributed by atoms with Crippen LogP contribution in [0.3, 0.4) is 0 Å². The van der Waals surface area contributed by atoms with E-state index < -0.39 is 9.84 Å². The summed E-state index contributed by atoms with van der Waals surface area (Å²) in [5.41, 5.74) is 3.89. The normalized spacial score (nSPS) is 11.5. The molecular weight excluding hydrogens is 262 g/mol. The number of sulfone groups is 1. The quantitative estimate of drug-likeness (QED) is 0.898. The lowest BCUT2D eigenvalue weighted by Crippen LogP contribution is -2.04. The summed E-state index contributed by atoms with van der Waals surface area (Å²) < 4.78 is 23.1. The molecule has 0 spiro atoms. The van der Waals surface area contributed by atoms with Gasteiger partial charge in [0.2, 0.25) is 0 Å². The van der Waals surface area contributed by atoms with Crippen LogP contribution in [0.5, 0.6) is 0 Å². The predicted molar refractivity (Wildman–Crippen MR) is 74.9 cm³/mol. The third kappa shape index (κ3) is 3.14. The van der Waals surface area contributed by atoms with Gasteiger partial charge in [0, 0.05) is 29.7 Å². The van der Waals surface area contributed by atoms with Crippen molar-refractivity contribution in [3.05, 3.63) is 41.2 Å². The highest BCUT2D eigenvalue weighted by molar-refractivity contribution is 7.90. The molecule has 0 fully saturated rings.